The van der Waals surface area contributed by atoms with Gasteiger partial charge in [-0.05, 0) is 37.3 Å². The Labute approximate surface area is 123 Å². The Balaban J connectivity index is 1.69. The van der Waals surface area contributed by atoms with Crippen molar-refractivity contribution in [3.05, 3.63) is 42.5 Å². The summed E-state index contributed by atoms with van der Waals surface area (Å²) in [6, 6.07) is 8.14. The number of hydrogen-bond acceptors (Lipinski definition) is 3. The van der Waals surface area contributed by atoms with Gasteiger partial charge in [-0.2, -0.15) is 0 Å². The van der Waals surface area contributed by atoms with E-state index in [9.17, 15) is 4.79 Å². The number of aromatic nitrogens is 3. The fraction of sp³-hybridized carbons (Fsp3) is 0.438. The van der Waals surface area contributed by atoms with Gasteiger partial charge in [0.05, 0.1) is 11.3 Å². The van der Waals surface area contributed by atoms with Gasteiger partial charge < -0.3 is 4.90 Å². The number of carbonyl (C=O) groups excluding carboxylic acids is 1. The van der Waals surface area contributed by atoms with E-state index in [4.69, 9.17) is 0 Å². The molecule has 2 atom stereocenters. The van der Waals surface area contributed by atoms with Crippen molar-refractivity contribution in [2.24, 2.45) is 5.92 Å². The van der Waals surface area contributed by atoms with Gasteiger partial charge in [0, 0.05) is 12.6 Å². The molecule has 5 heteroatoms. The zero-order valence-corrected chi connectivity index (χ0v) is 11.9. The molecule has 0 spiro atoms. The van der Waals surface area contributed by atoms with E-state index < -0.39 is 0 Å². The third-order valence-corrected chi connectivity index (χ3v) is 4.74. The van der Waals surface area contributed by atoms with Crippen molar-refractivity contribution in [2.45, 2.75) is 31.7 Å². The van der Waals surface area contributed by atoms with E-state index in [1.54, 1.807) is 17.2 Å². The monoisotopic (exact) mass is 282 g/mol. The lowest BCUT2D eigenvalue weighted by atomic mass is 9.90. The molecular weight excluding hydrogens is 264 g/mol. The van der Waals surface area contributed by atoms with Crippen LogP contribution in [0.1, 0.15) is 36.0 Å². The molecule has 21 heavy (non-hydrogen) atoms. The largest absolute Gasteiger partial charge is 0.335 e. The summed E-state index contributed by atoms with van der Waals surface area (Å²) in [6.45, 7) is 0.917. The zero-order valence-electron chi connectivity index (χ0n) is 11.9. The molecule has 2 fully saturated rings. The van der Waals surface area contributed by atoms with Crippen LogP contribution in [0.15, 0.2) is 36.9 Å². The lowest BCUT2D eigenvalue weighted by Crippen LogP contribution is -2.35. The first-order valence-electron chi connectivity index (χ1n) is 7.58. The Morgan fingerprint density at radius 3 is 2.76 bits per heavy atom. The first-order valence-corrected chi connectivity index (χ1v) is 7.58. The van der Waals surface area contributed by atoms with E-state index in [0.717, 1.165) is 24.2 Å². The van der Waals surface area contributed by atoms with Gasteiger partial charge in [0.1, 0.15) is 12.7 Å². The quantitative estimate of drug-likeness (QED) is 0.849. The van der Waals surface area contributed by atoms with E-state index in [0.29, 0.717) is 12.0 Å². The summed E-state index contributed by atoms with van der Waals surface area (Å²) >= 11 is 0. The summed E-state index contributed by atoms with van der Waals surface area (Å²) in [4.78, 5) is 15.1. The Hall–Kier alpha value is -2.17. The summed E-state index contributed by atoms with van der Waals surface area (Å²) in [5, 5.41) is 7.68. The number of para-hydroxylation sites is 1. The van der Waals surface area contributed by atoms with Crippen molar-refractivity contribution < 1.29 is 4.79 Å². The summed E-state index contributed by atoms with van der Waals surface area (Å²) in [5.74, 6) is 0.850. The highest BCUT2D eigenvalue weighted by Crippen LogP contribution is 2.36. The lowest BCUT2D eigenvalue weighted by Gasteiger charge is -2.25. The molecule has 2 heterocycles. The Bertz CT molecular complexity index is 652. The number of nitrogens with zero attached hydrogens (tertiary/aromatic N) is 4. The molecule has 0 N–H and O–H groups in total. The van der Waals surface area contributed by atoms with Crippen molar-refractivity contribution in [1.29, 1.82) is 0 Å². The minimum atomic E-state index is 0.147. The van der Waals surface area contributed by atoms with Crippen LogP contribution in [0.5, 0.6) is 0 Å². The molecule has 1 saturated heterocycles. The van der Waals surface area contributed by atoms with Crippen LogP contribution in [0.25, 0.3) is 5.69 Å². The smallest absolute Gasteiger partial charge is 0.256 e. The van der Waals surface area contributed by atoms with Gasteiger partial charge in [-0.15, -0.1) is 10.2 Å². The summed E-state index contributed by atoms with van der Waals surface area (Å²) in [7, 11) is 0. The minimum absolute atomic E-state index is 0.147. The second-order valence-corrected chi connectivity index (χ2v) is 6.03. The van der Waals surface area contributed by atoms with Gasteiger partial charge in [0.25, 0.3) is 5.91 Å². The normalized spacial score (nSPS) is 24.3. The fourth-order valence-electron chi connectivity index (χ4n) is 3.75. The van der Waals surface area contributed by atoms with E-state index in [2.05, 4.69) is 15.1 Å². The van der Waals surface area contributed by atoms with Crippen LogP contribution in [0.3, 0.4) is 0 Å². The van der Waals surface area contributed by atoms with E-state index in [1.165, 1.54) is 19.3 Å². The number of amides is 1. The van der Waals surface area contributed by atoms with Crippen molar-refractivity contribution in [3.8, 4) is 5.69 Å². The molecule has 0 radical (unpaired) electrons. The molecule has 5 nitrogen and oxygen atoms in total. The highest BCUT2D eigenvalue weighted by molar-refractivity contribution is 5.98. The van der Waals surface area contributed by atoms with Crippen molar-refractivity contribution in [3.63, 3.8) is 0 Å². The maximum absolute atomic E-state index is 13.0. The molecule has 1 saturated carbocycles. The molecule has 2 aliphatic rings. The molecular formula is C16H18N4O. The highest BCUT2D eigenvalue weighted by Gasteiger charge is 2.38. The zero-order chi connectivity index (χ0) is 14.2. The third kappa shape index (κ3) is 2.13. The number of carbonyl (C=O) groups is 1. The SMILES string of the molecule is O=C(c1ccccc1-n1cnnc1)N1C[C@@H]2CCC[C@H]1C2. The molecule has 1 aliphatic carbocycles. The van der Waals surface area contributed by atoms with Crippen LogP contribution >= 0.6 is 0 Å². The number of likely N-dealkylation sites (tertiary alicyclic amines) is 1. The van der Waals surface area contributed by atoms with Gasteiger partial charge in [-0.3, -0.25) is 9.36 Å². The van der Waals surface area contributed by atoms with Crippen LogP contribution in [0, 0.1) is 5.92 Å². The van der Waals surface area contributed by atoms with Crippen LogP contribution in [0.2, 0.25) is 0 Å². The van der Waals surface area contributed by atoms with Gasteiger partial charge in [0.2, 0.25) is 0 Å². The predicted octanol–water partition coefficient (Wildman–Crippen LogP) is 2.28. The summed E-state index contributed by atoms with van der Waals surface area (Å²) in [5.41, 5.74) is 1.60. The van der Waals surface area contributed by atoms with Crippen LogP contribution in [-0.4, -0.2) is 38.2 Å². The van der Waals surface area contributed by atoms with Crippen LogP contribution in [-0.2, 0) is 0 Å². The predicted molar refractivity (Wildman–Crippen MR) is 78.1 cm³/mol. The van der Waals surface area contributed by atoms with Gasteiger partial charge >= 0.3 is 0 Å². The second kappa shape index (κ2) is 4.98. The average Bonchev–Trinajstić information content (AvgIpc) is 3.15. The molecule has 1 aliphatic heterocycles. The third-order valence-electron chi connectivity index (χ3n) is 4.74. The molecule has 4 rings (SSSR count). The van der Waals surface area contributed by atoms with Gasteiger partial charge in [0.15, 0.2) is 0 Å². The van der Waals surface area contributed by atoms with Gasteiger partial charge in [-0.1, -0.05) is 18.6 Å². The maximum Gasteiger partial charge on any atom is 0.256 e. The van der Waals surface area contributed by atoms with E-state index in [-0.39, 0.29) is 5.91 Å². The first kappa shape index (κ1) is 12.6. The maximum atomic E-state index is 13.0. The highest BCUT2D eigenvalue weighted by atomic mass is 16.2. The minimum Gasteiger partial charge on any atom is -0.335 e. The second-order valence-electron chi connectivity index (χ2n) is 6.03. The molecule has 1 aromatic heterocycles. The molecule has 1 aromatic carbocycles. The molecule has 108 valence electrons. The number of fused-ring (bicyclic) bond motifs is 2. The number of rotatable bonds is 2. The summed E-state index contributed by atoms with van der Waals surface area (Å²) in [6.07, 6.45) is 8.13. The van der Waals surface area contributed by atoms with E-state index >= 15 is 0 Å². The van der Waals surface area contributed by atoms with Gasteiger partial charge in [-0.25, -0.2) is 0 Å². The average molecular weight is 282 g/mol. The lowest BCUT2D eigenvalue weighted by molar-refractivity contribution is 0.0733. The number of benzene rings is 1. The Morgan fingerprint density at radius 2 is 1.95 bits per heavy atom. The van der Waals surface area contributed by atoms with Crippen molar-refractivity contribution in [2.75, 3.05) is 6.54 Å². The first-order chi connectivity index (χ1) is 10.3. The number of hydrogen-bond donors (Lipinski definition) is 0. The standard InChI is InChI=1S/C16H18N4O/c21-16(20-9-12-4-3-5-13(20)8-12)14-6-1-2-7-15(14)19-10-17-18-11-19/h1-2,6-7,10-13H,3-5,8-9H2/t12-,13+/m1/s1. The van der Waals surface area contributed by atoms with Crippen LogP contribution < -0.4 is 0 Å². The topological polar surface area (TPSA) is 51.0 Å². The van der Waals surface area contributed by atoms with Crippen molar-refractivity contribution >= 4 is 5.91 Å². The van der Waals surface area contributed by atoms with Crippen molar-refractivity contribution in [1.82, 2.24) is 19.7 Å². The Morgan fingerprint density at radius 1 is 1.14 bits per heavy atom. The van der Waals surface area contributed by atoms with E-state index in [1.807, 2.05) is 24.3 Å². The fourth-order valence-corrected chi connectivity index (χ4v) is 3.75. The molecule has 2 aromatic rings. The molecule has 2 bridgehead atoms. The van der Waals surface area contributed by atoms with Crippen LogP contribution in [0.4, 0.5) is 0 Å². The summed E-state index contributed by atoms with van der Waals surface area (Å²) < 4.78 is 1.80. The molecule has 1 amide bonds. The Kier molecular flexibility index (Phi) is 2.98. The molecule has 0 unspecified atom stereocenters.